The number of aromatic nitrogens is 1. The quantitative estimate of drug-likeness (QED) is 0.866. The molecule has 0 saturated heterocycles. The van der Waals surface area contributed by atoms with Gasteiger partial charge in [-0.25, -0.2) is 4.39 Å². The van der Waals surface area contributed by atoms with Crippen LogP contribution in [-0.4, -0.2) is 10.5 Å². The lowest BCUT2D eigenvalue weighted by atomic mass is 10.1. The zero-order chi connectivity index (χ0) is 18.6. The Morgan fingerprint density at radius 3 is 2.40 bits per heavy atom. The first-order valence-corrected chi connectivity index (χ1v) is 8.56. The van der Waals surface area contributed by atoms with Crippen LogP contribution >= 0.6 is 0 Å². The summed E-state index contributed by atoms with van der Waals surface area (Å²) < 4.78 is 14.6. The van der Waals surface area contributed by atoms with Crippen LogP contribution in [0.2, 0.25) is 0 Å². The fraction of sp³-hybridized carbons (Fsp3) is 0.400. The Bertz CT molecular complexity index is 794. The van der Waals surface area contributed by atoms with Gasteiger partial charge in [0.2, 0.25) is 0 Å². The van der Waals surface area contributed by atoms with Gasteiger partial charge in [-0.15, -0.1) is 0 Å². The van der Waals surface area contributed by atoms with E-state index in [-0.39, 0.29) is 23.0 Å². The first-order valence-electron chi connectivity index (χ1n) is 8.56. The van der Waals surface area contributed by atoms with Gasteiger partial charge in [-0.1, -0.05) is 26.0 Å². The van der Waals surface area contributed by atoms with Crippen molar-refractivity contribution in [2.24, 2.45) is 5.92 Å². The molecule has 1 aromatic heterocycles. The molecule has 1 amide bonds. The van der Waals surface area contributed by atoms with Gasteiger partial charge in [-0.2, -0.15) is 0 Å². The molecular formula is C20H25FN2O2. The van der Waals surface area contributed by atoms with Crippen molar-refractivity contribution >= 4 is 5.91 Å². The van der Waals surface area contributed by atoms with Gasteiger partial charge in [0.1, 0.15) is 11.4 Å². The van der Waals surface area contributed by atoms with Crippen LogP contribution in [0.15, 0.2) is 41.3 Å². The predicted octanol–water partition coefficient (Wildman–Crippen LogP) is 3.83. The summed E-state index contributed by atoms with van der Waals surface area (Å²) in [4.78, 5) is 25.3. The molecule has 1 N–H and O–H groups in total. The van der Waals surface area contributed by atoms with Crippen LogP contribution in [0.4, 0.5) is 4.39 Å². The lowest BCUT2D eigenvalue weighted by Crippen LogP contribution is -2.35. The first kappa shape index (κ1) is 18.9. The third-order valence-corrected chi connectivity index (χ3v) is 4.27. The molecule has 0 spiro atoms. The van der Waals surface area contributed by atoms with Gasteiger partial charge in [0.25, 0.3) is 11.5 Å². The van der Waals surface area contributed by atoms with Crippen LogP contribution in [0.1, 0.15) is 54.7 Å². The topological polar surface area (TPSA) is 51.1 Å². The normalized spacial score (nSPS) is 12.2. The zero-order valence-corrected chi connectivity index (χ0v) is 15.2. The third kappa shape index (κ3) is 4.78. The minimum atomic E-state index is -0.404. The number of aryl methyl sites for hydroxylation is 2. The SMILES string of the molecule is Cc1ccn(CCC(C)C)c(=O)c1C(=O)NC(C)c1ccc(F)cc1. The van der Waals surface area contributed by atoms with E-state index >= 15 is 0 Å². The first-order chi connectivity index (χ1) is 11.8. The summed E-state index contributed by atoms with van der Waals surface area (Å²) in [5.74, 6) is -0.253. The van der Waals surface area contributed by atoms with E-state index in [0.717, 1.165) is 12.0 Å². The van der Waals surface area contributed by atoms with E-state index < -0.39 is 5.91 Å². The highest BCUT2D eigenvalue weighted by atomic mass is 19.1. The van der Waals surface area contributed by atoms with Gasteiger partial charge in [0.15, 0.2) is 0 Å². The Morgan fingerprint density at radius 1 is 1.16 bits per heavy atom. The minimum Gasteiger partial charge on any atom is -0.345 e. The van der Waals surface area contributed by atoms with Crippen LogP contribution in [0, 0.1) is 18.7 Å². The maximum atomic E-state index is 13.0. The summed E-state index contributed by atoms with van der Waals surface area (Å²) in [5.41, 5.74) is 1.32. The molecule has 1 heterocycles. The molecule has 1 atom stereocenters. The number of hydrogen-bond donors (Lipinski definition) is 1. The number of hydrogen-bond acceptors (Lipinski definition) is 2. The predicted molar refractivity (Wildman–Crippen MR) is 97.2 cm³/mol. The molecule has 0 radical (unpaired) electrons. The van der Waals surface area contributed by atoms with Crippen molar-refractivity contribution in [3.8, 4) is 0 Å². The highest BCUT2D eigenvalue weighted by Gasteiger charge is 2.18. The van der Waals surface area contributed by atoms with E-state index in [1.165, 1.54) is 12.1 Å². The number of nitrogens with one attached hydrogen (secondary N) is 1. The number of carbonyl (C=O) groups is 1. The van der Waals surface area contributed by atoms with Crippen LogP contribution in [-0.2, 0) is 6.54 Å². The van der Waals surface area contributed by atoms with Crippen molar-refractivity contribution in [3.63, 3.8) is 0 Å². The van der Waals surface area contributed by atoms with Gasteiger partial charge in [-0.05, 0) is 55.5 Å². The van der Waals surface area contributed by atoms with Crippen LogP contribution < -0.4 is 10.9 Å². The second-order valence-corrected chi connectivity index (χ2v) is 6.80. The summed E-state index contributed by atoms with van der Waals surface area (Å²) >= 11 is 0. The highest BCUT2D eigenvalue weighted by Crippen LogP contribution is 2.14. The Kier molecular flexibility index (Phi) is 6.12. The standard InChI is InChI=1S/C20H25FN2O2/c1-13(2)9-11-23-12-10-14(3)18(20(23)25)19(24)22-15(4)16-5-7-17(21)8-6-16/h5-8,10,12-13,15H,9,11H2,1-4H3,(H,22,24). The third-order valence-electron chi connectivity index (χ3n) is 4.27. The van der Waals surface area contributed by atoms with Crippen molar-refractivity contribution in [2.45, 2.75) is 46.7 Å². The molecule has 1 unspecified atom stereocenters. The van der Waals surface area contributed by atoms with Crippen LogP contribution in [0.3, 0.4) is 0 Å². The monoisotopic (exact) mass is 344 g/mol. The smallest absolute Gasteiger partial charge is 0.263 e. The summed E-state index contributed by atoms with van der Waals surface area (Å²) in [7, 11) is 0. The van der Waals surface area contributed by atoms with Gasteiger partial charge in [0.05, 0.1) is 6.04 Å². The number of benzene rings is 1. The van der Waals surface area contributed by atoms with Crippen LogP contribution in [0.25, 0.3) is 0 Å². The van der Waals surface area contributed by atoms with Crippen molar-refractivity contribution in [3.05, 3.63) is 69.4 Å². The molecule has 2 aromatic rings. The van der Waals surface area contributed by atoms with E-state index in [9.17, 15) is 14.0 Å². The molecule has 0 aliphatic carbocycles. The Morgan fingerprint density at radius 2 is 1.80 bits per heavy atom. The lowest BCUT2D eigenvalue weighted by Gasteiger charge is -2.16. The number of pyridine rings is 1. The molecule has 4 nitrogen and oxygen atoms in total. The molecule has 5 heteroatoms. The van der Waals surface area contributed by atoms with E-state index in [0.29, 0.717) is 18.0 Å². The van der Waals surface area contributed by atoms with E-state index in [4.69, 9.17) is 0 Å². The van der Waals surface area contributed by atoms with Crippen molar-refractivity contribution in [1.82, 2.24) is 9.88 Å². The largest absolute Gasteiger partial charge is 0.345 e. The summed E-state index contributed by atoms with van der Waals surface area (Å²) in [6.45, 7) is 8.34. The summed E-state index contributed by atoms with van der Waals surface area (Å²) in [5, 5.41) is 2.83. The average Bonchev–Trinajstić information content (AvgIpc) is 2.54. The highest BCUT2D eigenvalue weighted by molar-refractivity contribution is 5.95. The average molecular weight is 344 g/mol. The second-order valence-electron chi connectivity index (χ2n) is 6.80. The van der Waals surface area contributed by atoms with E-state index in [1.807, 2.05) is 0 Å². The number of amides is 1. The van der Waals surface area contributed by atoms with E-state index in [2.05, 4.69) is 19.2 Å². The Balaban J connectivity index is 2.21. The van der Waals surface area contributed by atoms with E-state index in [1.54, 1.807) is 42.8 Å². The van der Waals surface area contributed by atoms with Crippen molar-refractivity contribution in [1.29, 1.82) is 0 Å². The van der Waals surface area contributed by atoms with Gasteiger partial charge in [-0.3, -0.25) is 9.59 Å². The Labute approximate surface area is 147 Å². The maximum absolute atomic E-state index is 13.0. The lowest BCUT2D eigenvalue weighted by molar-refractivity contribution is 0.0937. The molecule has 0 bridgehead atoms. The van der Waals surface area contributed by atoms with Crippen LogP contribution in [0.5, 0.6) is 0 Å². The molecule has 0 aliphatic rings. The molecule has 25 heavy (non-hydrogen) atoms. The Hall–Kier alpha value is -2.43. The molecule has 1 aromatic carbocycles. The number of nitrogens with zero attached hydrogens (tertiary/aromatic N) is 1. The van der Waals surface area contributed by atoms with Crippen molar-refractivity contribution < 1.29 is 9.18 Å². The molecule has 134 valence electrons. The second kappa shape index (κ2) is 8.10. The minimum absolute atomic E-state index is 0.167. The molecule has 0 fully saturated rings. The van der Waals surface area contributed by atoms with Crippen molar-refractivity contribution in [2.75, 3.05) is 0 Å². The number of carbonyl (C=O) groups excluding carboxylic acids is 1. The summed E-state index contributed by atoms with van der Waals surface area (Å²) in [6.07, 6.45) is 2.61. The van der Waals surface area contributed by atoms with Gasteiger partial charge >= 0.3 is 0 Å². The molecule has 0 saturated carbocycles. The molecule has 2 rings (SSSR count). The summed E-state index contributed by atoms with van der Waals surface area (Å²) in [6, 6.07) is 7.42. The fourth-order valence-corrected chi connectivity index (χ4v) is 2.62. The number of rotatable bonds is 6. The van der Waals surface area contributed by atoms with Gasteiger partial charge in [0, 0.05) is 12.7 Å². The zero-order valence-electron chi connectivity index (χ0n) is 15.2. The maximum Gasteiger partial charge on any atom is 0.263 e. The number of halogens is 1. The fourth-order valence-electron chi connectivity index (χ4n) is 2.62. The molecule has 0 aliphatic heterocycles. The molecular weight excluding hydrogens is 319 g/mol. The van der Waals surface area contributed by atoms with Gasteiger partial charge < -0.3 is 9.88 Å².